The van der Waals surface area contributed by atoms with E-state index in [1.807, 2.05) is 6.92 Å². The second kappa shape index (κ2) is 7.79. The molecule has 5 heteroatoms. The van der Waals surface area contributed by atoms with Gasteiger partial charge in [0.2, 0.25) is 0 Å². The fourth-order valence-electron chi connectivity index (χ4n) is 4.19. The van der Waals surface area contributed by atoms with Crippen molar-refractivity contribution in [2.45, 2.75) is 83.5 Å². The molecule has 1 saturated carbocycles. The molecule has 0 spiro atoms. The Morgan fingerprint density at radius 2 is 1.67 bits per heavy atom. The minimum Gasteiger partial charge on any atom is -0.311 e. The summed E-state index contributed by atoms with van der Waals surface area (Å²) in [4.78, 5) is 14.6. The minimum atomic E-state index is 0.0399. The molecule has 0 amide bonds. The highest BCUT2D eigenvalue weighted by atomic mass is 16.1. The molecule has 1 aromatic rings. The summed E-state index contributed by atoms with van der Waals surface area (Å²) in [6, 6.07) is 5.67. The number of aromatic nitrogens is 2. The fraction of sp³-hybridized carbons (Fsp3) is 0.789. The van der Waals surface area contributed by atoms with Crippen molar-refractivity contribution in [1.82, 2.24) is 20.0 Å². The van der Waals surface area contributed by atoms with Crippen LogP contribution in [0.3, 0.4) is 0 Å². The number of hydrogen-bond donors (Lipinski definition) is 1. The van der Waals surface area contributed by atoms with Crippen molar-refractivity contribution in [3.8, 4) is 0 Å². The maximum atomic E-state index is 12.0. The largest absolute Gasteiger partial charge is 0.311 e. The van der Waals surface area contributed by atoms with Crippen LogP contribution in [0.1, 0.15) is 64.1 Å². The van der Waals surface area contributed by atoms with Gasteiger partial charge in [0.05, 0.1) is 11.7 Å². The van der Waals surface area contributed by atoms with E-state index in [0.29, 0.717) is 18.1 Å². The van der Waals surface area contributed by atoms with Gasteiger partial charge in [-0.3, -0.25) is 4.79 Å². The number of piperidine rings is 1. The maximum Gasteiger partial charge on any atom is 0.267 e. The van der Waals surface area contributed by atoms with Crippen LogP contribution < -0.4 is 10.9 Å². The molecule has 3 rings (SSSR count). The van der Waals surface area contributed by atoms with Gasteiger partial charge in [0.1, 0.15) is 0 Å². The Labute approximate surface area is 145 Å². The molecular weight excluding hydrogens is 300 g/mol. The lowest BCUT2D eigenvalue weighted by molar-refractivity contribution is 0.148. The normalized spacial score (nSPS) is 26.8. The Bertz CT molecular complexity index is 581. The van der Waals surface area contributed by atoms with E-state index in [-0.39, 0.29) is 11.6 Å². The van der Waals surface area contributed by atoms with Crippen LogP contribution in [0, 0.1) is 6.92 Å². The van der Waals surface area contributed by atoms with Crippen molar-refractivity contribution in [3.05, 3.63) is 28.2 Å². The van der Waals surface area contributed by atoms with E-state index in [2.05, 4.69) is 29.2 Å². The average molecular weight is 332 g/mol. The Hall–Kier alpha value is -1.20. The summed E-state index contributed by atoms with van der Waals surface area (Å²) in [5.41, 5.74) is 0.963. The van der Waals surface area contributed by atoms with Crippen molar-refractivity contribution < 1.29 is 0 Å². The monoisotopic (exact) mass is 332 g/mol. The number of hydrogen-bond acceptors (Lipinski definition) is 4. The summed E-state index contributed by atoms with van der Waals surface area (Å²) < 4.78 is 1.71. The molecule has 5 nitrogen and oxygen atoms in total. The Morgan fingerprint density at radius 1 is 1.04 bits per heavy atom. The lowest BCUT2D eigenvalue weighted by Gasteiger charge is -2.38. The number of aryl methyl sites for hydroxylation is 1. The van der Waals surface area contributed by atoms with Gasteiger partial charge in [-0.25, -0.2) is 4.68 Å². The standard InChI is InChI=1S/C19H32N4O/c1-14(2)22-12-10-17(11-13-22)20-16-5-7-18(8-6-16)23-19(24)9-4-15(3)21-23/h4,9,14,16-18,20H,5-8,10-13H2,1-3H3. The van der Waals surface area contributed by atoms with E-state index < -0.39 is 0 Å². The highest BCUT2D eigenvalue weighted by Crippen LogP contribution is 2.28. The van der Waals surface area contributed by atoms with Crippen LogP contribution in [0.2, 0.25) is 0 Å². The molecule has 0 radical (unpaired) electrons. The van der Waals surface area contributed by atoms with E-state index in [1.165, 1.54) is 25.9 Å². The van der Waals surface area contributed by atoms with Gasteiger partial charge >= 0.3 is 0 Å². The van der Waals surface area contributed by atoms with Gasteiger partial charge in [-0.05, 0) is 78.5 Å². The second-order valence-electron chi connectivity index (χ2n) is 7.83. The quantitative estimate of drug-likeness (QED) is 0.920. The summed E-state index contributed by atoms with van der Waals surface area (Å²) in [6.07, 6.45) is 6.93. The van der Waals surface area contributed by atoms with Crippen molar-refractivity contribution in [1.29, 1.82) is 0 Å². The molecule has 2 heterocycles. The van der Waals surface area contributed by atoms with Gasteiger partial charge in [-0.2, -0.15) is 5.10 Å². The van der Waals surface area contributed by atoms with E-state index in [0.717, 1.165) is 31.4 Å². The third kappa shape index (κ3) is 4.25. The maximum absolute atomic E-state index is 12.0. The molecule has 1 aliphatic carbocycles. The number of rotatable bonds is 4. The summed E-state index contributed by atoms with van der Waals surface area (Å²) in [5.74, 6) is 0. The summed E-state index contributed by atoms with van der Waals surface area (Å²) >= 11 is 0. The van der Waals surface area contributed by atoms with E-state index in [1.54, 1.807) is 16.8 Å². The van der Waals surface area contributed by atoms with Gasteiger partial charge in [0.15, 0.2) is 0 Å². The summed E-state index contributed by atoms with van der Waals surface area (Å²) in [7, 11) is 0. The number of nitrogens with one attached hydrogen (secondary N) is 1. The lowest BCUT2D eigenvalue weighted by atomic mass is 9.90. The van der Waals surface area contributed by atoms with E-state index in [9.17, 15) is 4.79 Å². The first-order valence-corrected chi connectivity index (χ1v) is 9.59. The zero-order valence-corrected chi connectivity index (χ0v) is 15.4. The minimum absolute atomic E-state index is 0.0399. The molecular formula is C19H32N4O. The van der Waals surface area contributed by atoms with Crippen LogP contribution in [-0.2, 0) is 0 Å². The fourth-order valence-corrected chi connectivity index (χ4v) is 4.19. The molecule has 24 heavy (non-hydrogen) atoms. The number of likely N-dealkylation sites (tertiary alicyclic amines) is 1. The first-order chi connectivity index (χ1) is 11.5. The van der Waals surface area contributed by atoms with Crippen LogP contribution in [0.25, 0.3) is 0 Å². The molecule has 1 N–H and O–H groups in total. The van der Waals surface area contributed by atoms with Gasteiger partial charge in [-0.1, -0.05) is 0 Å². The summed E-state index contributed by atoms with van der Waals surface area (Å²) in [5, 5.41) is 8.32. The number of nitrogens with zero attached hydrogens (tertiary/aromatic N) is 3. The second-order valence-corrected chi connectivity index (χ2v) is 7.83. The Morgan fingerprint density at radius 3 is 2.29 bits per heavy atom. The first-order valence-electron chi connectivity index (χ1n) is 9.59. The topological polar surface area (TPSA) is 50.2 Å². The molecule has 0 atom stereocenters. The lowest BCUT2D eigenvalue weighted by Crippen LogP contribution is -2.48. The van der Waals surface area contributed by atoms with Crippen LogP contribution in [-0.4, -0.2) is 45.9 Å². The SMILES string of the molecule is Cc1ccc(=O)n(C2CCC(NC3CCN(C(C)C)CC3)CC2)n1. The van der Waals surface area contributed by atoms with Crippen LogP contribution in [0.5, 0.6) is 0 Å². The summed E-state index contributed by atoms with van der Waals surface area (Å²) in [6.45, 7) is 8.96. The zero-order valence-electron chi connectivity index (χ0n) is 15.4. The molecule has 134 valence electrons. The van der Waals surface area contributed by atoms with Crippen LogP contribution in [0.4, 0.5) is 0 Å². The molecule has 2 aliphatic rings. The van der Waals surface area contributed by atoms with Crippen molar-refractivity contribution in [2.24, 2.45) is 0 Å². The molecule has 0 aromatic carbocycles. The van der Waals surface area contributed by atoms with Crippen molar-refractivity contribution in [3.63, 3.8) is 0 Å². The predicted octanol–water partition coefficient (Wildman–Crippen LogP) is 2.50. The zero-order chi connectivity index (χ0) is 17.1. The smallest absolute Gasteiger partial charge is 0.267 e. The molecule has 1 aliphatic heterocycles. The molecule has 1 aromatic heterocycles. The Balaban J connectivity index is 1.47. The Kier molecular flexibility index (Phi) is 5.72. The average Bonchev–Trinajstić information content (AvgIpc) is 2.58. The highest BCUT2D eigenvalue weighted by molar-refractivity contribution is 4.98. The first kappa shape index (κ1) is 17.6. The molecule has 1 saturated heterocycles. The van der Waals surface area contributed by atoms with E-state index >= 15 is 0 Å². The highest BCUT2D eigenvalue weighted by Gasteiger charge is 2.27. The van der Waals surface area contributed by atoms with Crippen molar-refractivity contribution in [2.75, 3.05) is 13.1 Å². The van der Waals surface area contributed by atoms with E-state index in [4.69, 9.17) is 0 Å². The molecule has 2 fully saturated rings. The molecule has 0 bridgehead atoms. The predicted molar refractivity (Wildman–Crippen MR) is 97.4 cm³/mol. The third-order valence-corrected chi connectivity index (χ3v) is 5.73. The van der Waals surface area contributed by atoms with Gasteiger partial charge < -0.3 is 10.2 Å². The van der Waals surface area contributed by atoms with Gasteiger partial charge in [-0.15, -0.1) is 0 Å². The van der Waals surface area contributed by atoms with Crippen LogP contribution >= 0.6 is 0 Å². The van der Waals surface area contributed by atoms with Crippen molar-refractivity contribution >= 4 is 0 Å². The van der Waals surface area contributed by atoms with Gasteiger partial charge in [0, 0.05) is 24.2 Å². The van der Waals surface area contributed by atoms with Crippen LogP contribution in [0.15, 0.2) is 16.9 Å². The molecule has 0 unspecified atom stereocenters. The third-order valence-electron chi connectivity index (χ3n) is 5.73. The van der Waals surface area contributed by atoms with Gasteiger partial charge in [0.25, 0.3) is 5.56 Å².